The molecule has 0 fully saturated rings. The van der Waals surface area contributed by atoms with Gasteiger partial charge in [-0.2, -0.15) is 0 Å². The third kappa shape index (κ3) is 2.41. The fourth-order valence-electron chi connectivity index (χ4n) is 4.00. The molecule has 2 N–H and O–H groups in total. The molecule has 128 valence electrons. The summed E-state index contributed by atoms with van der Waals surface area (Å²) in [4.78, 5) is 11.2. The van der Waals surface area contributed by atoms with Crippen LogP contribution in [0.25, 0.3) is 0 Å². The van der Waals surface area contributed by atoms with Crippen molar-refractivity contribution in [2.24, 2.45) is 5.92 Å². The minimum atomic E-state index is -0.329. The van der Waals surface area contributed by atoms with Crippen LogP contribution in [-0.4, -0.2) is 17.1 Å². The van der Waals surface area contributed by atoms with Gasteiger partial charge in [-0.3, -0.25) is 10.1 Å². The average molecular weight is 338 g/mol. The molecule has 0 bridgehead atoms. The van der Waals surface area contributed by atoms with Gasteiger partial charge in [0.15, 0.2) is 0 Å². The molecule has 4 rings (SSSR count). The summed E-state index contributed by atoms with van der Waals surface area (Å²) in [6, 6.07) is 10.2. The molecule has 0 aromatic heterocycles. The van der Waals surface area contributed by atoms with Crippen LogP contribution in [0, 0.1) is 16.0 Å². The Kier molecular flexibility index (Phi) is 3.60. The first-order valence-corrected chi connectivity index (χ1v) is 8.17. The number of allylic oxidation sites excluding steroid dienone is 2. The lowest BCUT2D eigenvalue weighted by Crippen LogP contribution is -2.30. The molecule has 1 aliphatic heterocycles. The molecule has 2 aromatic rings. The molecule has 3 atom stereocenters. The van der Waals surface area contributed by atoms with Gasteiger partial charge in [0.25, 0.3) is 5.69 Å². The van der Waals surface area contributed by atoms with Gasteiger partial charge < -0.3 is 15.2 Å². The second-order valence-corrected chi connectivity index (χ2v) is 6.40. The molecule has 0 radical (unpaired) electrons. The maximum absolute atomic E-state index is 11.5. The van der Waals surface area contributed by atoms with Crippen LogP contribution in [0.1, 0.15) is 29.5 Å². The summed E-state index contributed by atoms with van der Waals surface area (Å²) in [7, 11) is 1.56. The Morgan fingerprint density at radius 2 is 2.00 bits per heavy atom. The van der Waals surface area contributed by atoms with E-state index < -0.39 is 0 Å². The molecule has 1 heterocycles. The van der Waals surface area contributed by atoms with Gasteiger partial charge in [0.05, 0.1) is 29.3 Å². The van der Waals surface area contributed by atoms with Crippen molar-refractivity contribution in [3.05, 3.63) is 69.8 Å². The lowest BCUT2D eigenvalue weighted by atomic mass is 9.76. The van der Waals surface area contributed by atoms with Gasteiger partial charge in [0.2, 0.25) is 0 Å². The predicted octanol–water partition coefficient (Wildman–Crippen LogP) is 4.14. The van der Waals surface area contributed by atoms with Gasteiger partial charge in [0.1, 0.15) is 11.5 Å². The molecule has 3 unspecified atom stereocenters. The highest BCUT2D eigenvalue weighted by Crippen LogP contribution is 2.54. The van der Waals surface area contributed by atoms with Gasteiger partial charge >= 0.3 is 0 Å². The predicted molar refractivity (Wildman–Crippen MR) is 94.1 cm³/mol. The van der Waals surface area contributed by atoms with Crippen molar-refractivity contribution in [3.63, 3.8) is 0 Å². The number of ether oxygens (including phenoxy) is 1. The zero-order valence-corrected chi connectivity index (χ0v) is 13.7. The summed E-state index contributed by atoms with van der Waals surface area (Å²) >= 11 is 0. The number of nitro benzene ring substituents is 1. The van der Waals surface area contributed by atoms with Crippen LogP contribution >= 0.6 is 0 Å². The molecule has 6 nitrogen and oxygen atoms in total. The third-order valence-electron chi connectivity index (χ3n) is 5.13. The summed E-state index contributed by atoms with van der Waals surface area (Å²) in [5.74, 6) is 0.964. The van der Waals surface area contributed by atoms with E-state index in [0.717, 1.165) is 12.0 Å². The molecular weight excluding hydrogens is 320 g/mol. The minimum absolute atomic E-state index is 0.0102. The fraction of sp³-hybridized carbons (Fsp3) is 0.263. The number of methoxy groups -OCH3 is 1. The third-order valence-corrected chi connectivity index (χ3v) is 5.13. The van der Waals surface area contributed by atoms with Crippen molar-refractivity contribution in [2.45, 2.75) is 18.4 Å². The van der Waals surface area contributed by atoms with Crippen LogP contribution < -0.4 is 10.1 Å². The number of hydrogen-bond acceptors (Lipinski definition) is 5. The van der Waals surface area contributed by atoms with E-state index in [0.29, 0.717) is 17.0 Å². The molecule has 0 saturated heterocycles. The summed E-state index contributed by atoms with van der Waals surface area (Å²) in [6.07, 6.45) is 4.99. The van der Waals surface area contributed by atoms with Crippen molar-refractivity contribution >= 4 is 11.4 Å². The molecule has 0 saturated carbocycles. The lowest BCUT2D eigenvalue weighted by Gasteiger charge is -2.37. The minimum Gasteiger partial charge on any atom is -0.508 e. The van der Waals surface area contributed by atoms with Gasteiger partial charge in [-0.15, -0.1) is 0 Å². The average Bonchev–Trinajstić information content (AvgIpc) is 3.10. The van der Waals surface area contributed by atoms with Crippen molar-refractivity contribution in [3.8, 4) is 11.5 Å². The van der Waals surface area contributed by atoms with E-state index in [1.807, 2.05) is 12.1 Å². The van der Waals surface area contributed by atoms with Gasteiger partial charge in [-0.1, -0.05) is 24.3 Å². The fourth-order valence-corrected chi connectivity index (χ4v) is 4.00. The smallest absolute Gasteiger partial charge is 0.275 e. The molecule has 2 aromatic carbocycles. The van der Waals surface area contributed by atoms with Gasteiger partial charge in [0, 0.05) is 12.0 Å². The summed E-state index contributed by atoms with van der Waals surface area (Å²) in [6.45, 7) is 0. The lowest BCUT2D eigenvalue weighted by molar-refractivity contribution is -0.385. The second kappa shape index (κ2) is 5.81. The number of nitrogens with zero attached hydrogens (tertiary/aromatic N) is 1. The first-order valence-electron chi connectivity index (χ1n) is 8.17. The summed E-state index contributed by atoms with van der Waals surface area (Å²) in [5.41, 5.74) is 2.53. The Morgan fingerprint density at radius 3 is 2.68 bits per heavy atom. The van der Waals surface area contributed by atoms with E-state index in [2.05, 4.69) is 17.5 Å². The summed E-state index contributed by atoms with van der Waals surface area (Å²) in [5, 5.41) is 24.6. The molecule has 6 heteroatoms. The monoisotopic (exact) mass is 338 g/mol. The van der Waals surface area contributed by atoms with E-state index in [9.17, 15) is 15.2 Å². The quantitative estimate of drug-likeness (QED) is 0.499. The van der Waals surface area contributed by atoms with E-state index in [4.69, 9.17) is 4.74 Å². The molecular formula is C19H18N2O4. The van der Waals surface area contributed by atoms with Crippen LogP contribution in [0.2, 0.25) is 0 Å². The number of rotatable bonds is 3. The second-order valence-electron chi connectivity index (χ2n) is 6.40. The highest BCUT2D eigenvalue weighted by Gasteiger charge is 2.42. The number of aromatic hydroxyl groups is 1. The van der Waals surface area contributed by atoms with E-state index in [1.54, 1.807) is 25.3 Å². The maximum atomic E-state index is 11.5. The first-order chi connectivity index (χ1) is 12.1. The van der Waals surface area contributed by atoms with Crippen LogP contribution in [0.3, 0.4) is 0 Å². The largest absolute Gasteiger partial charge is 0.508 e. The maximum Gasteiger partial charge on any atom is 0.275 e. The van der Waals surface area contributed by atoms with Crippen molar-refractivity contribution in [2.75, 3.05) is 12.4 Å². The van der Waals surface area contributed by atoms with Crippen LogP contribution in [0.4, 0.5) is 11.4 Å². The molecule has 25 heavy (non-hydrogen) atoms. The standard InChI is InChI=1S/C19H18N2O4/c1-25-16-10-9-15(21(23)24)17-13-3-2-4-14(13)18(20-19(16)17)11-5-7-12(22)8-6-11/h2-3,5-10,13-14,18,20,22H,4H2,1H3. The highest BCUT2D eigenvalue weighted by atomic mass is 16.6. The number of nitro groups is 1. The first kappa shape index (κ1) is 15.5. The number of benzene rings is 2. The zero-order chi connectivity index (χ0) is 17.6. The number of phenolic OH excluding ortho intramolecular Hbond substituents is 1. The Balaban J connectivity index is 1.87. The molecule has 2 aliphatic rings. The molecule has 1 aliphatic carbocycles. The number of fused-ring (bicyclic) bond motifs is 3. The molecule has 0 spiro atoms. The van der Waals surface area contributed by atoms with Crippen molar-refractivity contribution < 1.29 is 14.8 Å². The summed E-state index contributed by atoms with van der Waals surface area (Å²) < 4.78 is 5.45. The van der Waals surface area contributed by atoms with E-state index in [1.165, 1.54) is 6.07 Å². The van der Waals surface area contributed by atoms with Crippen LogP contribution in [0.5, 0.6) is 11.5 Å². The Morgan fingerprint density at radius 1 is 1.24 bits per heavy atom. The topological polar surface area (TPSA) is 84.6 Å². The molecule has 0 amide bonds. The Labute approximate surface area is 144 Å². The van der Waals surface area contributed by atoms with Crippen molar-refractivity contribution in [1.82, 2.24) is 0 Å². The van der Waals surface area contributed by atoms with E-state index in [-0.39, 0.29) is 34.2 Å². The van der Waals surface area contributed by atoms with Crippen LogP contribution in [-0.2, 0) is 0 Å². The Bertz CT molecular complexity index is 860. The number of phenols is 1. The Hall–Kier alpha value is -3.02. The number of hydrogen-bond donors (Lipinski definition) is 2. The van der Waals surface area contributed by atoms with Crippen LogP contribution in [0.15, 0.2) is 48.6 Å². The van der Waals surface area contributed by atoms with Gasteiger partial charge in [-0.05, 0) is 36.1 Å². The SMILES string of the molecule is COc1ccc([N+](=O)[O-])c2c1NC(c1ccc(O)cc1)C1CC=CC21. The van der Waals surface area contributed by atoms with Crippen molar-refractivity contribution in [1.29, 1.82) is 0 Å². The zero-order valence-electron chi connectivity index (χ0n) is 13.7. The normalized spacial score (nSPS) is 23.5. The van der Waals surface area contributed by atoms with E-state index >= 15 is 0 Å². The number of anilines is 1. The highest BCUT2D eigenvalue weighted by molar-refractivity contribution is 5.73. The van der Waals surface area contributed by atoms with Gasteiger partial charge in [-0.25, -0.2) is 0 Å². The number of nitrogens with one attached hydrogen (secondary N) is 1.